The number of hydrogen-bond donors (Lipinski definition) is 2. The van der Waals surface area contributed by atoms with E-state index in [1.54, 1.807) is 24.3 Å². The molecular weight excluding hydrogens is 238 g/mol. The van der Waals surface area contributed by atoms with Gasteiger partial charge in [0.1, 0.15) is 6.61 Å². The summed E-state index contributed by atoms with van der Waals surface area (Å²) in [4.78, 5) is 22.3. The average molecular weight is 254 g/mol. The normalized spacial score (nSPS) is 14.0. The van der Waals surface area contributed by atoms with E-state index >= 15 is 0 Å². The number of hydrogen-bond acceptors (Lipinski definition) is 5. The molecule has 0 fully saturated rings. The highest BCUT2D eigenvalue weighted by Crippen LogP contribution is 2.00. The second-order valence-electron chi connectivity index (χ2n) is 3.34. The molecule has 6 nitrogen and oxygen atoms in total. The largest absolute Gasteiger partial charge is 0.467 e. The molecule has 0 spiro atoms. The fraction of sp³-hybridized carbons (Fsp3) is 0.333. The van der Waals surface area contributed by atoms with Gasteiger partial charge in [-0.15, -0.1) is 0 Å². The maximum Gasteiger partial charge on any atom is 0.407 e. The highest BCUT2D eigenvalue weighted by molar-refractivity contribution is 5.75. The van der Waals surface area contributed by atoms with Crippen LogP contribution in [-0.4, -0.2) is 36.9 Å². The molecule has 1 aromatic rings. The molecule has 0 aromatic heterocycles. The Morgan fingerprint density at radius 3 is 2.72 bits per heavy atom. The first-order valence-corrected chi connectivity index (χ1v) is 5.20. The summed E-state index contributed by atoms with van der Waals surface area (Å²) in [5.41, 5.74) is 0.785. The van der Waals surface area contributed by atoms with Crippen LogP contribution >= 0.6 is 0 Å². The Hall–Kier alpha value is -2.08. The number of esters is 1. The molecule has 0 aliphatic carbocycles. The quantitative estimate of drug-likeness (QED) is 0.745. The zero-order chi connectivity index (χ0) is 14.3. The summed E-state index contributed by atoms with van der Waals surface area (Å²) in [5.74, 6) is -0.997. The Morgan fingerprint density at radius 2 is 2.11 bits per heavy atom. The fourth-order valence-corrected chi connectivity index (χ4v) is 1.10. The van der Waals surface area contributed by atoms with Crippen LogP contribution in [0.1, 0.15) is 6.93 Å². The summed E-state index contributed by atoms with van der Waals surface area (Å²) in [6.45, 7) is -1.51. The van der Waals surface area contributed by atoms with E-state index in [-0.39, 0.29) is 6.61 Å². The van der Waals surface area contributed by atoms with Crippen molar-refractivity contribution in [3.8, 4) is 0 Å². The van der Waals surface area contributed by atoms with Crippen LogP contribution in [0.2, 0.25) is 0 Å². The van der Waals surface area contributed by atoms with Gasteiger partial charge in [0.05, 0.1) is 15.0 Å². The smallest absolute Gasteiger partial charge is 0.407 e. The lowest BCUT2D eigenvalue weighted by Gasteiger charge is -2.10. The van der Waals surface area contributed by atoms with E-state index in [1.807, 2.05) is 11.4 Å². The zero-order valence-corrected chi connectivity index (χ0v) is 9.83. The van der Waals surface area contributed by atoms with E-state index in [1.165, 1.54) is 0 Å². The first-order chi connectivity index (χ1) is 9.04. The number of ether oxygens (including phenoxy) is 2. The molecule has 0 heterocycles. The van der Waals surface area contributed by atoms with E-state index in [0.717, 1.165) is 12.7 Å². The van der Waals surface area contributed by atoms with Gasteiger partial charge < -0.3 is 19.9 Å². The van der Waals surface area contributed by atoms with Crippen molar-refractivity contribution in [3.05, 3.63) is 35.9 Å². The van der Waals surface area contributed by atoms with Crippen molar-refractivity contribution in [2.24, 2.45) is 0 Å². The maximum absolute atomic E-state index is 11.3. The third kappa shape index (κ3) is 4.84. The van der Waals surface area contributed by atoms with Crippen molar-refractivity contribution in [2.45, 2.75) is 12.7 Å². The van der Waals surface area contributed by atoms with Crippen LogP contribution in [-0.2, 0) is 20.9 Å². The molecule has 1 aromatic carbocycles. The SMILES string of the molecule is [2H][C@H](NC(=O)OCc1ccccc1)[C@H](O)C(=O)OC. The standard InChI is InChI=1S/C12H15NO5/c1-17-11(15)10(14)7-13-12(16)18-8-9-5-3-2-4-6-9/h2-6,10,14H,7-8H2,1H3,(H,13,16)/t10-/m0/s1/i7D/t7-,10-. The van der Waals surface area contributed by atoms with Gasteiger partial charge in [0.25, 0.3) is 0 Å². The van der Waals surface area contributed by atoms with Gasteiger partial charge in [-0.05, 0) is 5.56 Å². The van der Waals surface area contributed by atoms with Gasteiger partial charge in [-0.3, -0.25) is 0 Å². The summed E-state index contributed by atoms with van der Waals surface area (Å²) in [5, 5.41) is 11.3. The van der Waals surface area contributed by atoms with Gasteiger partial charge in [-0.2, -0.15) is 0 Å². The highest BCUT2D eigenvalue weighted by atomic mass is 16.6. The topological polar surface area (TPSA) is 84.9 Å². The number of carbonyl (C=O) groups excluding carboxylic acids is 2. The van der Waals surface area contributed by atoms with Crippen LogP contribution in [0.15, 0.2) is 30.3 Å². The number of aliphatic hydroxyl groups excluding tert-OH is 1. The van der Waals surface area contributed by atoms with Crippen LogP contribution in [0.5, 0.6) is 0 Å². The Bertz CT molecular complexity index is 425. The van der Waals surface area contributed by atoms with Crippen LogP contribution in [0.25, 0.3) is 0 Å². The Labute approximate surface area is 106 Å². The van der Waals surface area contributed by atoms with Crippen LogP contribution in [0.4, 0.5) is 4.79 Å². The molecular formula is C12H15NO5. The van der Waals surface area contributed by atoms with Crippen molar-refractivity contribution in [1.82, 2.24) is 5.32 Å². The lowest BCUT2D eigenvalue weighted by Crippen LogP contribution is -2.37. The first kappa shape index (κ1) is 12.4. The van der Waals surface area contributed by atoms with Gasteiger partial charge in [0, 0.05) is 0 Å². The third-order valence-corrected chi connectivity index (χ3v) is 2.01. The van der Waals surface area contributed by atoms with E-state index in [0.29, 0.717) is 0 Å². The third-order valence-electron chi connectivity index (χ3n) is 2.01. The molecule has 98 valence electrons. The molecule has 0 bridgehead atoms. The molecule has 0 aliphatic heterocycles. The molecule has 1 amide bonds. The number of rotatable bonds is 5. The summed E-state index contributed by atoms with van der Waals surface area (Å²) in [6, 6.07) is 8.97. The molecule has 18 heavy (non-hydrogen) atoms. The molecule has 0 saturated carbocycles. The highest BCUT2D eigenvalue weighted by Gasteiger charge is 2.16. The Morgan fingerprint density at radius 1 is 1.44 bits per heavy atom. The van der Waals surface area contributed by atoms with E-state index in [4.69, 9.17) is 6.11 Å². The lowest BCUT2D eigenvalue weighted by molar-refractivity contribution is -0.149. The Kier molecular flexibility index (Phi) is 5.01. The molecule has 2 atom stereocenters. The van der Waals surface area contributed by atoms with Gasteiger partial charge in [-0.25, -0.2) is 9.59 Å². The zero-order valence-electron chi connectivity index (χ0n) is 10.8. The maximum atomic E-state index is 11.3. The fourth-order valence-electron chi connectivity index (χ4n) is 1.10. The van der Waals surface area contributed by atoms with E-state index < -0.39 is 24.7 Å². The second kappa shape index (κ2) is 7.29. The van der Waals surface area contributed by atoms with Crippen molar-refractivity contribution in [3.63, 3.8) is 0 Å². The lowest BCUT2D eigenvalue weighted by atomic mass is 10.2. The number of carbonyl (C=O) groups is 2. The number of benzene rings is 1. The summed E-state index contributed by atoms with van der Waals surface area (Å²) >= 11 is 0. The van der Waals surface area contributed by atoms with E-state index in [9.17, 15) is 14.7 Å². The van der Waals surface area contributed by atoms with Crippen molar-refractivity contribution in [2.75, 3.05) is 13.6 Å². The van der Waals surface area contributed by atoms with Gasteiger partial charge in [0.15, 0.2) is 6.10 Å². The summed E-state index contributed by atoms with van der Waals surface area (Å²) < 4.78 is 16.4. The molecule has 0 aliphatic rings. The summed E-state index contributed by atoms with van der Waals surface area (Å²) in [7, 11) is 1.08. The second-order valence-corrected chi connectivity index (χ2v) is 3.34. The van der Waals surface area contributed by atoms with Crippen LogP contribution in [0.3, 0.4) is 0 Å². The molecule has 6 heteroatoms. The number of nitrogens with one attached hydrogen (secondary N) is 1. The van der Waals surface area contributed by atoms with Gasteiger partial charge >= 0.3 is 12.1 Å². The van der Waals surface area contributed by atoms with Crippen molar-refractivity contribution < 1.29 is 25.5 Å². The predicted molar refractivity (Wildman–Crippen MR) is 62.7 cm³/mol. The van der Waals surface area contributed by atoms with Crippen LogP contribution in [0, 0.1) is 0 Å². The number of alkyl carbamates (subject to hydrolysis) is 1. The minimum Gasteiger partial charge on any atom is -0.467 e. The number of amides is 1. The van der Waals surface area contributed by atoms with Crippen LogP contribution < -0.4 is 5.32 Å². The van der Waals surface area contributed by atoms with Crippen molar-refractivity contribution in [1.29, 1.82) is 0 Å². The minimum absolute atomic E-state index is 0.0354. The van der Waals surface area contributed by atoms with Gasteiger partial charge in [0.2, 0.25) is 0 Å². The minimum atomic E-state index is -1.76. The molecule has 0 radical (unpaired) electrons. The van der Waals surface area contributed by atoms with Crippen molar-refractivity contribution >= 4 is 12.1 Å². The molecule has 0 saturated heterocycles. The summed E-state index contributed by atoms with van der Waals surface area (Å²) in [6.07, 6.45) is -2.65. The molecule has 1 rings (SSSR count). The first-order valence-electron chi connectivity index (χ1n) is 5.77. The van der Waals surface area contributed by atoms with E-state index in [2.05, 4.69) is 4.74 Å². The average Bonchev–Trinajstić information content (AvgIpc) is 2.44. The molecule has 0 unspecified atom stereocenters. The Balaban J connectivity index is 2.37. The monoisotopic (exact) mass is 254 g/mol. The van der Waals surface area contributed by atoms with Gasteiger partial charge in [-0.1, -0.05) is 30.3 Å². The number of aliphatic hydroxyl groups is 1. The molecule has 2 N–H and O–H groups in total. The predicted octanol–water partition coefficient (Wildman–Crippen LogP) is 0.447. The number of methoxy groups -OCH3 is 1.